The van der Waals surface area contributed by atoms with Crippen LogP contribution in [0.15, 0.2) is 24.3 Å². The Kier molecular flexibility index (Phi) is 5.05. The predicted octanol–water partition coefficient (Wildman–Crippen LogP) is 3.72. The van der Waals surface area contributed by atoms with Crippen LogP contribution < -0.4 is 10.2 Å². The number of likely N-dealkylation sites (tertiary alicyclic amines) is 1. The predicted molar refractivity (Wildman–Crippen MR) is 93.4 cm³/mol. The molecule has 2 heterocycles. The van der Waals surface area contributed by atoms with E-state index in [1.54, 1.807) is 6.07 Å². The molecule has 0 spiro atoms. The Morgan fingerprint density at radius 1 is 1.23 bits per heavy atom. The summed E-state index contributed by atoms with van der Waals surface area (Å²) in [5.41, 5.74) is 0.259. The largest absolute Gasteiger partial charge is 0.394 e. The van der Waals surface area contributed by atoms with Gasteiger partial charge in [-0.3, -0.25) is 0 Å². The van der Waals surface area contributed by atoms with Gasteiger partial charge >= 0.3 is 12.2 Å². The maximum absolute atomic E-state index is 13.2. The highest BCUT2D eigenvalue weighted by atomic mass is 19.4. The van der Waals surface area contributed by atoms with Crippen molar-refractivity contribution in [3.63, 3.8) is 0 Å². The molecule has 26 heavy (non-hydrogen) atoms. The van der Waals surface area contributed by atoms with Crippen molar-refractivity contribution < 1.29 is 22.7 Å². The first-order valence-corrected chi connectivity index (χ1v) is 8.77. The standard InChI is InChI=1S/C18H24F3N3O2/c1-17(2)15(18(19,20)21)6-7-24(17)16(25)22-13-4-3-5-14(12-13)23-8-10-26-11-9-23/h3-5,12,15H,6-11H2,1-2H3,(H,22,25)/t15-/m0/s1. The molecule has 1 N–H and O–H groups in total. The lowest BCUT2D eigenvalue weighted by atomic mass is 9.88. The molecule has 8 heteroatoms. The number of hydrogen-bond acceptors (Lipinski definition) is 3. The summed E-state index contributed by atoms with van der Waals surface area (Å²) in [6, 6.07) is 6.86. The quantitative estimate of drug-likeness (QED) is 0.862. The van der Waals surface area contributed by atoms with Crippen LogP contribution >= 0.6 is 0 Å². The fourth-order valence-electron chi connectivity index (χ4n) is 3.81. The molecule has 0 unspecified atom stereocenters. The van der Waals surface area contributed by atoms with Crippen molar-refractivity contribution in [2.24, 2.45) is 5.92 Å². The number of nitrogens with zero attached hydrogens (tertiary/aromatic N) is 2. The van der Waals surface area contributed by atoms with Crippen LogP contribution in [-0.2, 0) is 4.74 Å². The van der Waals surface area contributed by atoms with Gasteiger partial charge in [0, 0.05) is 31.0 Å². The van der Waals surface area contributed by atoms with Gasteiger partial charge < -0.3 is 19.9 Å². The number of urea groups is 1. The van der Waals surface area contributed by atoms with Gasteiger partial charge in [0.25, 0.3) is 0 Å². The van der Waals surface area contributed by atoms with Gasteiger partial charge in [-0.15, -0.1) is 0 Å². The number of alkyl halides is 3. The molecule has 3 rings (SSSR count). The van der Waals surface area contributed by atoms with E-state index in [1.165, 1.54) is 18.7 Å². The number of amides is 2. The van der Waals surface area contributed by atoms with Gasteiger partial charge in [0.15, 0.2) is 0 Å². The number of hydrogen-bond donors (Lipinski definition) is 1. The minimum absolute atomic E-state index is 0.0717. The second-order valence-corrected chi connectivity index (χ2v) is 7.27. The van der Waals surface area contributed by atoms with Crippen LogP contribution in [0, 0.1) is 5.92 Å². The van der Waals surface area contributed by atoms with E-state index < -0.39 is 23.7 Å². The number of ether oxygens (including phenoxy) is 1. The normalized spacial score (nSPS) is 23.2. The molecule has 144 valence electrons. The van der Waals surface area contributed by atoms with E-state index in [1.807, 2.05) is 18.2 Å². The lowest BCUT2D eigenvalue weighted by Gasteiger charge is -2.36. The summed E-state index contributed by atoms with van der Waals surface area (Å²) in [7, 11) is 0. The van der Waals surface area contributed by atoms with Crippen LogP contribution in [0.25, 0.3) is 0 Å². The highest BCUT2D eigenvalue weighted by molar-refractivity contribution is 5.90. The molecule has 0 aromatic heterocycles. The molecule has 2 fully saturated rings. The van der Waals surface area contributed by atoms with Gasteiger partial charge in [-0.2, -0.15) is 13.2 Å². The first kappa shape index (κ1) is 18.8. The summed E-state index contributed by atoms with van der Waals surface area (Å²) in [5.74, 6) is -1.51. The fraction of sp³-hybridized carbons (Fsp3) is 0.611. The summed E-state index contributed by atoms with van der Waals surface area (Å²) < 4.78 is 44.9. The van der Waals surface area contributed by atoms with Gasteiger partial charge in [0.05, 0.1) is 24.7 Å². The number of carbonyl (C=O) groups excluding carboxylic acids is 1. The first-order valence-electron chi connectivity index (χ1n) is 8.77. The Morgan fingerprint density at radius 2 is 1.92 bits per heavy atom. The third-order valence-corrected chi connectivity index (χ3v) is 5.30. The Bertz CT molecular complexity index is 657. The molecule has 0 radical (unpaired) electrons. The third kappa shape index (κ3) is 3.75. The van der Waals surface area contributed by atoms with Crippen LogP contribution in [-0.4, -0.2) is 55.5 Å². The van der Waals surface area contributed by atoms with Gasteiger partial charge in [-0.1, -0.05) is 6.07 Å². The molecule has 1 atom stereocenters. The van der Waals surface area contributed by atoms with Crippen LogP contribution in [0.3, 0.4) is 0 Å². The monoisotopic (exact) mass is 371 g/mol. The van der Waals surface area contributed by atoms with E-state index in [2.05, 4.69) is 10.2 Å². The number of halogens is 3. The molecule has 2 saturated heterocycles. The van der Waals surface area contributed by atoms with Crippen LogP contribution in [0.1, 0.15) is 20.3 Å². The summed E-state index contributed by atoms with van der Waals surface area (Å²) in [4.78, 5) is 16.0. The topological polar surface area (TPSA) is 44.8 Å². The van der Waals surface area contributed by atoms with Crippen molar-refractivity contribution in [3.05, 3.63) is 24.3 Å². The molecule has 0 saturated carbocycles. The molecule has 5 nitrogen and oxygen atoms in total. The fourth-order valence-corrected chi connectivity index (χ4v) is 3.81. The molecule has 0 aliphatic carbocycles. The van der Waals surface area contributed by atoms with Crippen molar-refractivity contribution in [2.45, 2.75) is 32.0 Å². The van der Waals surface area contributed by atoms with Crippen molar-refractivity contribution >= 4 is 17.4 Å². The smallest absolute Gasteiger partial charge is 0.378 e. The number of nitrogens with one attached hydrogen (secondary N) is 1. The van der Waals surface area contributed by atoms with E-state index in [-0.39, 0.29) is 13.0 Å². The third-order valence-electron chi connectivity index (χ3n) is 5.30. The SMILES string of the molecule is CC1(C)[C@@H](C(F)(F)F)CCN1C(=O)Nc1cccc(N2CCOCC2)c1. The van der Waals surface area contributed by atoms with E-state index in [0.717, 1.165) is 18.8 Å². The lowest BCUT2D eigenvalue weighted by molar-refractivity contribution is -0.189. The summed E-state index contributed by atoms with van der Waals surface area (Å²) in [6.07, 6.45) is -4.38. The van der Waals surface area contributed by atoms with Gasteiger partial charge in [0.1, 0.15) is 0 Å². The van der Waals surface area contributed by atoms with Crippen LogP contribution in [0.2, 0.25) is 0 Å². The number of rotatable bonds is 2. The average molecular weight is 371 g/mol. The summed E-state index contributed by atoms with van der Waals surface area (Å²) in [6.45, 7) is 5.87. The highest BCUT2D eigenvalue weighted by Gasteiger charge is 2.56. The van der Waals surface area contributed by atoms with Gasteiger partial charge in [-0.25, -0.2) is 4.79 Å². The van der Waals surface area contributed by atoms with E-state index in [4.69, 9.17) is 4.74 Å². The summed E-state index contributed by atoms with van der Waals surface area (Å²) in [5, 5.41) is 2.75. The van der Waals surface area contributed by atoms with Crippen molar-refractivity contribution in [1.29, 1.82) is 0 Å². The maximum Gasteiger partial charge on any atom is 0.394 e. The van der Waals surface area contributed by atoms with Crippen molar-refractivity contribution in [3.8, 4) is 0 Å². The molecular weight excluding hydrogens is 347 g/mol. The molecule has 1 aromatic carbocycles. The lowest BCUT2D eigenvalue weighted by Crippen LogP contribution is -2.51. The highest BCUT2D eigenvalue weighted by Crippen LogP contribution is 2.44. The Balaban J connectivity index is 1.70. The average Bonchev–Trinajstić information content (AvgIpc) is 2.91. The van der Waals surface area contributed by atoms with Crippen molar-refractivity contribution in [2.75, 3.05) is 43.1 Å². The molecule has 0 bridgehead atoms. The van der Waals surface area contributed by atoms with E-state index >= 15 is 0 Å². The van der Waals surface area contributed by atoms with Crippen LogP contribution in [0.5, 0.6) is 0 Å². The Labute approximate surface area is 151 Å². The molecule has 2 aliphatic rings. The Morgan fingerprint density at radius 3 is 2.54 bits per heavy atom. The minimum Gasteiger partial charge on any atom is -0.378 e. The zero-order valence-electron chi connectivity index (χ0n) is 15.0. The summed E-state index contributed by atoms with van der Waals surface area (Å²) >= 11 is 0. The van der Waals surface area contributed by atoms with Crippen LogP contribution in [0.4, 0.5) is 29.3 Å². The molecule has 1 aromatic rings. The molecule has 2 amide bonds. The van der Waals surface area contributed by atoms with E-state index in [0.29, 0.717) is 18.9 Å². The van der Waals surface area contributed by atoms with E-state index in [9.17, 15) is 18.0 Å². The second kappa shape index (κ2) is 6.98. The van der Waals surface area contributed by atoms with Crippen molar-refractivity contribution in [1.82, 2.24) is 4.90 Å². The van der Waals surface area contributed by atoms with Gasteiger partial charge in [-0.05, 0) is 38.5 Å². The molecular formula is C18H24F3N3O2. The Hall–Kier alpha value is -1.96. The first-order chi connectivity index (χ1) is 12.2. The second-order valence-electron chi connectivity index (χ2n) is 7.27. The number of benzene rings is 1. The van der Waals surface area contributed by atoms with Gasteiger partial charge in [0.2, 0.25) is 0 Å². The minimum atomic E-state index is -4.31. The molecule has 2 aliphatic heterocycles. The zero-order valence-corrected chi connectivity index (χ0v) is 15.0. The zero-order chi connectivity index (χ0) is 18.9. The number of morpholine rings is 1. The number of carbonyl (C=O) groups is 1. The number of anilines is 2. The maximum atomic E-state index is 13.2.